The highest BCUT2D eigenvalue weighted by atomic mass is 31.2. The number of ether oxygens (including phenoxy) is 1. The van der Waals surface area contributed by atoms with Crippen molar-refractivity contribution >= 4 is 18.2 Å². The third-order valence-electron chi connectivity index (χ3n) is 3.34. The van der Waals surface area contributed by atoms with Gasteiger partial charge in [-0.15, -0.1) is 0 Å². The fraction of sp³-hybridized carbons (Fsp3) is 0.235. The summed E-state index contributed by atoms with van der Waals surface area (Å²) >= 11 is 0. The van der Waals surface area contributed by atoms with Crippen LogP contribution in [0.3, 0.4) is 0 Å². The summed E-state index contributed by atoms with van der Waals surface area (Å²) in [5.74, 6) is 0. The van der Waals surface area contributed by atoms with Crippen molar-refractivity contribution in [2.24, 2.45) is 0 Å². The van der Waals surface area contributed by atoms with Gasteiger partial charge in [0.15, 0.2) is 0 Å². The van der Waals surface area contributed by atoms with Crippen LogP contribution in [0.15, 0.2) is 60.7 Å². The third-order valence-corrected chi connectivity index (χ3v) is 6.53. The van der Waals surface area contributed by atoms with Crippen LogP contribution in [0.4, 0.5) is 4.79 Å². The number of benzene rings is 2. The van der Waals surface area contributed by atoms with E-state index in [1.165, 1.54) is 0 Å². The topological polar surface area (TPSA) is 43.4 Å². The normalized spacial score (nSPS) is 13.7. The summed E-state index contributed by atoms with van der Waals surface area (Å²) in [7, 11) is -3.23. The van der Waals surface area contributed by atoms with E-state index in [1.807, 2.05) is 36.4 Å². The van der Waals surface area contributed by atoms with Gasteiger partial charge < -0.3 is 9.30 Å². The second-order valence-electron chi connectivity index (χ2n) is 5.13. The van der Waals surface area contributed by atoms with E-state index in [9.17, 15) is 9.36 Å². The van der Waals surface area contributed by atoms with Crippen LogP contribution in [0.2, 0.25) is 0 Å². The Morgan fingerprint density at radius 2 is 1.52 bits per heavy atom. The lowest BCUT2D eigenvalue weighted by Crippen LogP contribution is -2.20. The smallest absolute Gasteiger partial charge is 0.369 e. The van der Waals surface area contributed by atoms with Crippen molar-refractivity contribution in [3.05, 3.63) is 66.2 Å². The number of hydrogen-bond donors (Lipinski definition) is 0. The third kappa shape index (κ3) is 3.43. The second kappa shape index (κ2) is 6.73. The number of carbonyl (C=O) groups is 1. The molecule has 1 unspecified atom stereocenters. The monoisotopic (exact) mass is 302 g/mol. The lowest BCUT2D eigenvalue weighted by Gasteiger charge is -2.20. The highest BCUT2D eigenvalue weighted by Crippen LogP contribution is 2.51. The summed E-state index contributed by atoms with van der Waals surface area (Å²) in [6.07, 6.45) is 0. The Kier molecular flexibility index (Phi) is 4.98. The molecule has 2 aromatic carbocycles. The molecule has 110 valence electrons. The highest BCUT2D eigenvalue weighted by Gasteiger charge is 2.38. The van der Waals surface area contributed by atoms with E-state index in [4.69, 9.17) is 4.74 Å². The first-order valence-corrected chi connectivity index (χ1v) is 8.69. The molecule has 0 heterocycles. The predicted octanol–water partition coefficient (Wildman–Crippen LogP) is 4.42. The minimum atomic E-state index is -3.23. The van der Waals surface area contributed by atoms with E-state index in [2.05, 4.69) is 0 Å². The molecule has 1 atom stereocenters. The summed E-state index contributed by atoms with van der Waals surface area (Å²) in [4.78, 5) is 12.4. The van der Waals surface area contributed by atoms with Crippen LogP contribution in [0.25, 0.3) is 0 Å². The molecule has 4 heteroatoms. The van der Waals surface area contributed by atoms with Crippen molar-refractivity contribution in [2.75, 3.05) is 0 Å². The molecule has 0 spiro atoms. The van der Waals surface area contributed by atoms with Crippen LogP contribution < -0.4 is 5.30 Å². The summed E-state index contributed by atoms with van der Waals surface area (Å²) in [6.45, 7) is 3.72. The molecule has 0 aliphatic carbocycles. The van der Waals surface area contributed by atoms with Crippen molar-refractivity contribution in [2.45, 2.75) is 26.1 Å². The van der Waals surface area contributed by atoms with Gasteiger partial charge in [0.2, 0.25) is 7.14 Å². The molecule has 3 nitrogen and oxygen atoms in total. The molecule has 0 saturated heterocycles. The van der Waals surface area contributed by atoms with Gasteiger partial charge in [-0.1, -0.05) is 74.5 Å². The number of rotatable bonds is 5. The lowest BCUT2D eigenvalue weighted by atomic mass is 10.2. The van der Waals surface area contributed by atoms with Crippen LogP contribution in [0, 0.1) is 0 Å². The van der Waals surface area contributed by atoms with Crippen molar-refractivity contribution in [1.29, 1.82) is 0 Å². The Morgan fingerprint density at radius 3 is 2.05 bits per heavy atom. The first-order chi connectivity index (χ1) is 10.0. The largest absolute Gasteiger partial charge is 0.455 e. The zero-order valence-corrected chi connectivity index (χ0v) is 13.1. The zero-order chi connectivity index (χ0) is 15.3. The molecule has 0 aliphatic heterocycles. The molecular formula is C17H19O3P. The first kappa shape index (κ1) is 15.5. The quantitative estimate of drug-likeness (QED) is 0.768. The summed E-state index contributed by atoms with van der Waals surface area (Å²) in [5.41, 5.74) is -0.0232. The maximum atomic E-state index is 13.2. The Balaban J connectivity index is 2.19. The van der Waals surface area contributed by atoms with Crippen LogP contribution in [-0.2, 0) is 15.9 Å². The van der Waals surface area contributed by atoms with E-state index in [0.717, 1.165) is 5.56 Å². The fourth-order valence-corrected chi connectivity index (χ4v) is 4.18. The first-order valence-electron chi connectivity index (χ1n) is 6.91. The van der Waals surface area contributed by atoms with Gasteiger partial charge in [0.05, 0.1) is 0 Å². The molecule has 21 heavy (non-hydrogen) atoms. The average Bonchev–Trinajstić information content (AvgIpc) is 2.53. The maximum absolute atomic E-state index is 13.2. The Morgan fingerprint density at radius 1 is 1.00 bits per heavy atom. The number of carbonyl (C=O) groups excluding carboxylic acids is 1. The fourth-order valence-electron chi connectivity index (χ4n) is 2.08. The number of hydrogen-bond acceptors (Lipinski definition) is 3. The van der Waals surface area contributed by atoms with E-state index in [-0.39, 0.29) is 12.3 Å². The molecule has 0 N–H and O–H groups in total. The van der Waals surface area contributed by atoms with Crippen LogP contribution >= 0.6 is 7.14 Å². The van der Waals surface area contributed by atoms with E-state index in [0.29, 0.717) is 5.30 Å². The average molecular weight is 302 g/mol. The summed E-state index contributed by atoms with van der Waals surface area (Å²) in [6, 6.07) is 18.3. The summed E-state index contributed by atoms with van der Waals surface area (Å²) in [5, 5.41) is 0.554. The standard InChI is InChI=1S/C17H19O3P/c1-14(2)21(19,16-11-7-4-8-12-16)17(18)20-13-15-9-5-3-6-10-15/h3-12,14H,13H2,1-2H3. The molecule has 2 rings (SSSR count). The van der Waals surface area contributed by atoms with Gasteiger partial charge in [-0.2, -0.15) is 0 Å². The Bertz CT molecular complexity index is 636. The van der Waals surface area contributed by atoms with Gasteiger partial charge in [0.25, 0.3) is 0 Å². The van der Waals surface area contributed by atoms with E-state index < -0.39 is 12.9 Å². The molecule has 0 aromatic heterocycles. The van der Waals surface area contributed by atoms with Crippen molar-refractivity contribution < 1.29 is 14.1 Å². The minimum absolute atomic E-state index is 0.142. The van der Waals surface area contributed by atoms with Crippen LogP contribution in [0.5, 0.6) is 0 Å². The van der Waals surface area contributed by atoms with Gasteiger partial charge in [-0.3, -0.25) is 0 Å². The van der Waals surface area contributed by atoms with Gasteiger partial charge in [-0.05, 0) is 5.56 Å². The maximum Gasteiger partial charge on any atom is 0.369 e. The van der Waals surface area contributed by atoms with Crippen molar-refractivity contribution in [1.82, 2.24) is 0 Å². The lowest BCUT2D eigenvalue weighted by molar-refractivity contribution is 0.165. The molecule has 0 bridgehead atoms. The van der Waals surface area contributed by atoms with Gasteiger partial charge in [0.1, 0.15) is 6.61 Å². The highest BCUT2D eigenvalue weighted by molar-refractivity contribution is 7.86. The van der Waals surface area contributed by atoms with Crippen molar-refractivity contribution in [3.8, 4) is 0 Å². The molecule has 0 saturated carbocycles. The molecule has 0 radical (unpaired) electrons. The predicted molar refractivity (Wildman–Crippen MR) is 85.4 cm³/mol. The molecule has 2 aromatic rings. The molecule has 0 amide bonds. The summed E-state index contributed by atoms with van der Waals surface area (Å²) < 4.78 is 18.5. The Labute approximate surface area is 125 Å². The van der Waals surface area contributed by atoms with Crippen LogP contribution in [-0.4, -0.2) is 11.4 Å². The zero-order valence-electron chi connectivity index (χ0n) is 12.2. The van der Waals surface area contributed by atoms with Gasteiger partial charge in [-0.25, -0.2) is 4.79 Å². The van der Waals surface area contributed by atoms with Crippen molar-refractivity contribution in [3.63, 3.8) is 0 Å². The van der Waals surface area contributed by atoms with Crippen LogP contribution in [0.1, 0.15) is 19.4 Å². The Hall–Kier alpha value is -1.86. The van der Waals surface area contributed by atoms with Gasteiger partial charge >= 0.3 is 5.71 Å². The molecule has 0 aliphatic rings. The minimum Gasteiger partial charge on any atom is -0.455 e. The molecule has 0 fully saturated rings. The molecular weight excluding hydrogens is 283 g/mol. The van der Waals surface area contributed by atoms with E-state index >= 15 is 0 Å². The second-order valence-corrected chi connectivity index (χ2v) is 8.36. The van der Waals surface area contributed by atoms with Gasteiger partial charge in [0, 0.05) is 11.0 Å². The SMILES string of the molecule is CC(C)P(=O)(C(=O)OCc1ccccc1)c1ccccc1. The van der Waals surface area contributed by atoms with E-state index in [1.54, 1.807) is 38.1 Å².